The van der Waals surface area contributed by atoms with E-state index in [0.717, 1.165) is 0 Å². The van der Waals surface area contributed by atoms with Gasteiger partial charge in [-0.1, -0.05) is 30.9 Å². The van der Waals surface area contributed by atoms with Gasteiger partial charge >= 0.3 is 0 Å². The molecule has 3 aromatic rings. The zero-order valence-electron chi connectivity index (χ0n) is 13.9. The second-order valence-corrected chi connectivity index (χ2v) is 5.49. The predicted molar refractivity (Wildman–Crippen MR) is 96.2 cm³/mol. The number of fused-ring (bicyclic) bond motifs is 1. The molecule has 0 amide bonds. The van der Waals surface area contributed by atoms with Crippen LogP contribution in [0.15, 0.2) is 61.2 Å². The zero-order chi connectivity index (χ0) is 17.8. The number of rotatable bonds is 6. The molecule has 0 heterocycles. The van der Waals surface area contributed by atoms with Gasteiger partial charge in [-0.15, -0.1) is 0 Å². The lowest BCUT2D eigenvalue weighted by Crippen LogP contribution is -1.96. The van der Waals surface area contributed by atoms with E-state index in [-0.39, 0.29) is 10.9 Å². The second kappa shape index (κ2) is 7.34. The Morgan fingerprint density at radius 2 is 1.64 bits per heavy atom. The van der Waals surface area contributed by atoms with E-state index in [1.807, 2.05) is 6.92 Å². The molecule has 3 aromatic carbocycles. The van der Waals surface area contributed by atoms with E-state index in [1.165, 1.54) is 6.07 Å². The first-order valence-corrected chi connectivity index (χ1v) is 8.02. The van der Waals surface area contributed by atoms with E-state index < -0.39 is 11.6 Å². The Balaban J connectivity index is 2.04. The Morgan fingerprint density at radius 3 is 2.32 bits per heavy atom. The molecule has 128 valence electrons. The molecule has 3 rings (SSSR count). The van der Waals surface area contributed by atoms with Crippen LogP contribution in [0.25, 0.3) is 21.9 Å². The summed E-state index contributed by atoms with van der Waals surface area (Å²) in [6, 6.07) is 13.5. The molecule has 0 aliphatic heterocycles. The fraction of sp³-hybridized carbons (Fsp3) is 0.143. The van der Waals surface area contributed by atoms with Crippen molar-refractivity contribution in [1.29, 1.82) is 0 Å². The molecule has 0 saturated carbocycles. The minimum atomic E-state index is -0.884. The maximum Gasteiger partial charge on any atom is 0.167 e. The summed E-state index contributed by atoms with van der Waals surface area (Å²) in [4.78, 5) is 0. The van der Waals surface area contributed by atoms with Crippen LogP contribution in [0.3, 0.4) is 0 Å². The van der Waals surface area contributed by atoms with E-state index in [2.05, 4.69) is 6.58 Å². The van der Waals surface area contributed by atoms with Crippen LogP contribution in [0.2, 0.25) is 0 Å². The van der Waals surface area contributed by atoms with Crippen LogP contribution in [0.4, 0.5) is 8.78 Å². The molecular weight excluding hydrogens is 322 g/mol. The van der Waals surface area contributed by atoms with Crippen molar-refractivity contribution in [3.05, 3.63) is 72.8 Å². The van der Waals surface area contributed by atoms with Crippen molar-refractivity contribution in [2.45, 2.75) is 6.92 Å². The van der Waals surface area contributed by atoms with Crippen molar-refractivity contribution in [1.82, 2.24) is 0 Å². The fourth-order valence-corrected chi connectivity index (χ4v) is 2.66. The third kappa shape index (κ3) is 3.48. The fourth-order valence-electron chi connectivity index (χ4n) is 2.66. The van der Waals surface area contributed by atoms with Crippen molar-refractivity contribution in [2.75, 3.05) is 13.2 Å². The molecule has 0 atom stereocenters. The van der Waals surface area contributed by atoms with E-state index in [1.54, 1.807) is 48.5 Å². The number of hydrogen-bond donors (Lipinski definition) is 0. The van der Waals surface area contributed by atoms with E-state index in [4.69, 9.17) is 9.47 Å². The van der Waals surface area contributed by atoms with Gasteiger partial charge in [0, 0.05) is 10.9 Å². The van der Waals surface area contributed by atoms with Gasteiger partial charge in [-0.25, -0.2) is 8.78 Å². The van der Waals surface area contributed by atoms with E-state index in [0.29, 0.717) is 35.7 Å². The van der Waals surface area contributed by atoms with Gasteiger partial charge in [0.1, 0.15) is 18.1 Å². The largest absolute Gasteiger partial charge is 0.494 e. The lowest BCUT2D eigenvalue weighted by molar-refractivity contribution is 0.340. The van der Waals surface area contributed by atoms with Crippen molar-refractivity contribution in [3.8, 4) is 22.6 Å². The van der Waals surface area contributed by atoms with Gasteiger partial charge in [-0.2, -0.15) is 0 Å². The van der Waals surface area contributed by atoms with Gasteiger partial charge in [-0.05, 0) is 48.2 Å². The second-order valence-electron chi connectivity index (χ2n) is 5.49. The number of halogens is 2. The normalized spacial score (nSPS) is 10.7. The summed E-state index contributed by atoms with van der Waals surface area (Å²) in [5.41, 5.74) is 0.807. The monoisotopic (exact) mass is 340 g/mol. The van der Waals surface area contributed by atoms with Crippen LogP contribution < -0.4 is 9.47 Å². The molecule has 4 heteroatoms. The van der Waals surface area contributed by atoms with Gasteiger partial charge in [0.05, 0.1) is 6.61 Å². The topological polar surface area (TPSA) is 18.5 Å². The Kier molecular flexibility index (Phi) is 4.98. The van der Waals surface area contributed by atoms with E-state index >= 15 is 0 Å². The van der Waals surface area contributed by atoms with Crippen molar-refractivity contribution in [2.24, 2.45) is 0 Å². The maximum atomic E-state index is 14.6. The number of ether oxygens (including phenoxy) is 2. The first kappa shape index (κ1) is 17.0. The third-order valence-corrected chi connectivity index (χ3v) is 3.83. The van der Waals surface area contributed by atoms with Gasteiger partial charge in [0.15, 0.2) is 11.6 Å². The lowest BCUT2D eigenvalue weighted by Gasteiger charge is -2.11. The number of hydrogen-bond acceptors (Lipinski definition) is 2. The summed E-state index contributed by atoms with van der Waals surface area (Å²) in [5.74, 6) is -0.598. The molecule has 0 radical (unpaired) electrons. The highest BCUT2D eigenvalue weighted by Crippen LogP contribution is 2.33. The average molecular weight is 340 g/mol. The molecular formula is C21H18F2O2. The molecule has 0 saturated heterocycles. The van der Waals surface area contributed by atoms with Gasteiger partial charge in [0.2, 0.25) is 0 Å². The minimum absolute atomic E-state index is 0.189. The Hall–Kier alpha value is -2.88. The minimum Gasteiger partial charge on any atom is -0.494 e. The van der Waals surface area contributed by atoms with Crippen molar-refractivity contribution in [3.63, 3.8) is 0 Å². The van der Waals surface area contributed by atoms with Gasteiger partial charge < -0.3 is 9.47 Å². The highest BCUT2D eigenvalue weighted by atomic mass is 19.2. The molecule has 0 N–H and O–H groups in total. The molecule has 0 aromatic heterocycles. The first-order chi connectivity index (χ1) is 12.1. The molecule has 0 aliphatic rings. The van der Waals surface area contributed by atoms with Crippen LogP contribution in [0.5, 0.6) is 11.5 Å². The number of benzene rings is 3. The maximum absolute atomic E-state index is 14.6. The summed E-state index contributed by atoms with van der Waals surface area (Å²) in [7, 11) is 0. The van der Waals surface area contributed by atoms with Crippen molar-refractivity contribution >= 4 is 10.8 Å². The summed E-state index contributed by atoms with van der Waals surface area (Å²) < 4.78 is 39.9. The summed E-state index contributed by atoms with van der Waals surface area (Å²) >= 11 is 0. The van der Waals surface area contributed by atoms with Crippen LogP contribution in [0.1, 0.15) is 6.92 Å². The standard InChI is InChI=1S/C21H18F2O2/c1-3-11-25-17-10-7-15-12-18(20(22)21(23)19(15)13-17)14-5-8-16(9-6-14)24-4-2/h3,5-10,12-13H,1,4,11H2,2H3. The molecule has 25 heavy (non-hydrogen) atoms. The molecule has 0 aliphatic carbocycles. The van der Waals surface area contributed by atoms with Crippen LogP contribution >= 0.6 is 0 Å². The van der Waals surface area contributed by atoms with Crippen LogP contribution in [-0.4, -0.2) is 13.2 Å². The molecule has 2 nitrogen and oxygen atoms in total. The Morgan fingerprint density at radius 1 is 0.920 bits per heavy atom. The molecule has 0 bridgehead atoms. The van der Waals surface area contributed by atoms with Gasteiger partial charge in [0.25, 0.3) is 0 Å². The summed E-state index contributed by atoms with van der Waals surface area (Å²) in [6.07, 6.45) is 1.59. The Labute approximate surface area is 145 Å². The predicted octanol–water partition coefficient (Wildman–Crippen LogP) is 5.75. The first-order valence-electron chi connectivity index (χ1n) is 8.02. The lowest BCUT2D eigenvalue weighted by atomic mass is 9.99. The van der Waals surface area contributed by atoms with Crippen LogP contribution in [-0.2, 0) is 0 Å². The highest BCUT2D eigenvalue weighted by Gasteiger charge is 2.15. The molecule has 0 fully saturated rings. The van der Waals surface area contributed by atoms with E-state index in [9.17, 15) is 8.78 Å². The third-order valence-electron chi connectivity index (χ3n) is 3.83. The van der Waals surface area contributed by atoms with Crippen molar-refractivity contribution < 1.29 is 18.3 Å². The smallest absolute Gasteiger partial charge is 0.167 e. The summed E-state index contributed by atoms with van der Waals surface area (Å²) in [5, 5.41) is 0.794. The summed E-state index contributed by atoms with van der Waals surface area (Å²) in [6.45, 7) is 6.31. The van der Waals surface area contributed by atoms with Crippen LogP contribution in [0, 0.1) is 11.6 Å². The molecule has 0 spiro atoms. The SMILES string of the molecule is C=CCOc1ccc2cc(-c3ccc(OCC)cc3)c(F)c(F)c2c1. The zero-order valence-corrected chi connectivity index (χ0v) is 13.9. The quantitative estimate of drug-likeness (QED) is 0.532. The average Bonchev–Trinajstić information content (AvgIpc) is 2.64. The highest BCUT2D eigenvalue weighted by molar-refractivity contribution is 5.89. The Bertz CT molecular complexity index is 902. The van der Waals surface area contributed by atoms with Gasteiger partial charge in [-0.3, -0.25) is 0 Å². The molecule has 0 unspecified atom stereocenters.